The van der Waals surface area contributed by atoms with Gasteiger partial charge in [-0.15, -0.1) is 0 Å². The first-order valence-corrected chi connectivity index (χ1v) is 5.88. The van der Waals surface area contributed by atoms with Gasteiger partial charge in [-0.2, -0.15) is 0 Å². The Labute approximate surface area is 120 Å². The molecule has 2 aromatic rings. The molecule has 8 heteroatoms. The van der Waals surface area contributed by atoms with Gasteiger partial charge in [0.05, 0.1) is 26.6 Å². The second-order valence-electron chi connectivity index (χ2n) is 3.82. The van der Waals surface area contributed by atoms with Crippen LogP contribution in [0.3, 0.4) is 0 Å². The van der Waals surface area contributed by atoms with Crippen molar-refractivity contribution in [1.29, 1.82) is 0 Å². The highest BCUT2D eigenvalue weighted by Gasteiger charge is 2.13. The monoisotopic (exact) mass is 290 g/mol. The van der Waals surface area contributed by atoms with Gasteiger partial charge >= 0.3 is 0 Å². The molecule has 0 atom stereocenters. The van der Waals surface area contributed by atoms with Gasteiger partial charge in [0.1, 0.15) is 5.69 Å². The normalized spacial score (nSPS) is 11.0. The molecule has 0 amide bonds. The van der Waals surface area contributed by atoms with Crippen LogP contribution in [0.2, 0.25) is 0 Å². The summed E-state index contributed by atoms with van der Waals surface area (Å²) in [6, 6.07) is 5.24. The third-order valence-electron chi connectivity index (χ3n) is 2.59. The topological polar surface area (TPSA) is 112 Å². The number of hydrogen-bond acceptors (Lipinski definition) is 7. The van der Waals surface area contributed by atoms with Gasteiger partial charge in [0.25, 0.3) is 0 Å². The summed E-state index contributed by atoms with van der Waals surface area (Å²) in [7, 11) is 3.05. The van der Waals surface area contributed by atoms with Gasteiger partial charge in [-0.1, -0.05) is 11.2 Å². The van der Waals surface area contributed by atoms with E-state index in [4.69, 9.17) is 25.2 Å². The Morgan fingerprint density at radius 3 is 2.29 bits per heavy atom. The molecule has 3 N–H and O–H groups in total. The molecular weight excluding hydrogens is 276 g/mol. The second kappa shape index (κ2) is 6.42. The minimum Gasteiger partial charge on any atom is -0.493 e. The first kappa shape index (κ1) is 14.4. The first-order chi connectivity index (χ1) is 10.2. The third kappa shape index (κ3) is 3.11. The van der Waals surface area contributed by atoms with Crippen LogP contribution in [0.4, 0.5) is 0 Å². The molecule has 0 spiro atoms. The van der Waals surface area contributed by atoms with Gasteiger partial charge in [-0.25, -0.2) is 9.97 Å². The fraction of sp³-hybridized carbons (Fsp3) is 0.154. The molecule has 0 radical (unpaired) electrons. The lowest BCUT2D eigenvalue weighted by molar-refractivity contribution is 0.318. The molecule has 1 heterocycles. The number of ether oxygens (including phenoxy) is 3. The highest BCUT2D eigenvalue weighted by molar-refractivity contribution is 5.94. The molecule has 0 bridgehead atoms. The number of benzene rings is 1. The van der Waals surface area contributed by atoms with Crippen molar-refractivity contribution in [2.45, 2.75) is 0 Å². The number of oxime groups is 1. The molecule has 8 nitrogen and oxygen atoms in total. The first-order valence-electron chi connectivity index (χ1n) is 5.88. The summed E-state index contributed by atoms with van der Waals surface area (Å²) in [5.74, 6) is 1.46. The van der Waals surface area contributed by atoms with E-state index in [1.54, 1.807) is 18.2 Å². The van der Waals surface area contributed by atoms with E-state index in [-0.39, 0.29) is 17.4 Å². The zero-order valence-electron chi connectivity index (χ0n) is 11.5. The standard InChI is InChI=1S/C13H14N4O4/c1-19-9-4-3-5-10(20-2)12(9)21-11-7-15-8(6-16-11)13(14)17-18/h3-7,18H,1-2H3,(H2,14,17). The van der Waals surface area contributed by atoms with Crippen LogP contribution in [-0.2, 0) is 0 Å². The van der Waals surface area contributed by atoms with Crippen molar-refractivity contribution >= 4 is 5.84 Å². The second-order valence-corrected chi connectivity index (χ2v) is 3.82. The Kier molecular flexibility index (Phi) is 4.39. The average Bonchev–Trinajstić information content (AvgIpc) is 2.55. The lowest BCUT2D eigenvalue weighted by atomic mass is 10.3. The zero-order valence-corrected chi connectivity index (χ0v) is 11.5. The predicted octanol–water partition coefficient (Wildman–Crippen LogP) is 1.38. The number of amidine groups is 1. The van der Waals surface area contributed by atoms with Crippen LogP contribution in [0, 0.1) is 0 Å². The molecule has 21 heavy (non-hydrogen) atoms. The number of hydrogen-bond donors (Lipinski definition) is 2. The maximum absolute atomic E-state index is 8.56. The van der Waals surface area contributed by atoms with Crippen molar-refractivity contribution in [1.82, 2.24) is 9.97 Å². The largest absolute Gasteiger partial charge is 0.493 e. The summed E-state index contributed by atoms with van der Waals surface area (Å²) in [4.78, 5) is 8.00. The van der Waals surface area contributed by atoms with E-state index < -0.39 is 0 Å². The lowest BCUT2D eigenvalue weighted by Gasteiger charge is -2.12. The van der Waals surface area contributed by atoms with E-state index in [9.17, 15) is 0 Å². The maximum atomic E-state index is 8.56. The van der Waals surface area contributed by atoms with Crippen LogP contribution in [0.1, 0.15) is 5.69 Å². The quantitative estimate of drug-likeness (QED) is 0.370. The number of nitrogens with two attached hydrogens (primary N) is 1. The number of aromatic nitrogens is 2. The molecule has 0 aliphatic carbocycles. The van der Waals surface area contributed by atoms with Gasteiger partial charge in [0, 0.05) is 0 Å². The van der Waals surface area contributed by atoms with Gasteiger partial charge < -0.3 is 25.2 Å². The van der Waals surface area contributed by atoms with Gasteiger partial charge in [0.15, 0.2) is 17.3 Å². The molecule has 0 aliphatic heterocycles. The van der Waals surface area contributed by atoms with Crippen molar-refractivity contribution in [2.75, 3.05) is 14.2 Å². The maximum Gasteiger partial charge on any atom is 0.238 e. The van der Waals surface area contributed by atoms with Crippen molar-refractivity contribution in [2.24, 2.45) is 10.9 Å². The third-order valence-corrected chi connectivity index (χ3v) is 2.59. The van der Waals surface area contributed by atoms with E-state index in [2.05, 4.69) is 15.1 Å². The molecule has 0 saturated heterocycles. The summed E-state index contributed by atoms with van der Waals surface area (Å²) in [6.45, 7) is 0. The summed E-state index contributed by atoms with van der Waals surface area (Å²) in [5, 5.41) is 11.4. The van der Waals surface area contributed by atoms with Crippen LogP contribution in [0.5, 0.6) is 23.1 Å². The summed E-state index contributed by atoms with van der Waals surface area (Å²) in [5.41, 5.74) is 5.64. The minimum absolute atomic E-state index is 0.135. The van der Waals surface area contributed by atoms with E-state index in [0.717, 1.165) is 0 Å². The van der Waals surface area contributed by atoms with Gasteiger partial charge in [-0.05, 0) is 12.1 Å². The Balaban J connectivity index is 2.30. The summed E-state index contributed by atoms with van der Waals surface area (Å²) in [6.07, 6.45) is 2.67. The Hall–Kier alpha value is -3.03. The highest BCUT2D eigenvalue weighted by atomic mass is 16.5. The van der Waals surface area contributed by atoms with Crippen LogP contribution in [-0.4, -0.2) is 35.2 Å². The molecule has 2 rings (SSSR count). The fourth-order valence-electron chi connectivity index (χ4n) is 1.57. The number of nitrogens with zero attached hydrogens (tertiary/aromatic N) is 3. The van der Waals surface area contributed by atoms with Crippen molar-refractivity contribution in [3.63, 3.8) is 0 Å². The summed E-state index contributed by atoms with van der Waals surface area (Å²) < 4.78 is 16.1. The lowest BCUT2D eigenvalue weighted by Crippen LogP contribution is -2.15. The number of rotatable bonds is 5. The van der Waals surface area contributed by atoms with E-state index in [0.29, 0.717) is 17.2 Å². The van der Waals surface area contributed by atoms with Gasteiger partial charge in [-0.3, -0.25) is 0 Å². The van der Waals surface area contributed by atoms with E-state index >= 15 is 0 Å². The molecule has 1 aromatic heterocycles. The van der Waals surface area contributed by atoms with Crippen molar-refractivity contribution in [3.05, 3.63) is 36.3 Å². The molecule has 110 valence electrons. The van der Waals surface area contributed by atoms with E-state index in [1.165, 1.54) is 26.6 Å². The van der Waals surface area contributed by atoms with Crippen LogP contribution in [0.25, 0.3) is 0 Å². The number of methoxy groups -OCH3 is 2. The molecule has 0 unspecified atom stereocenters. The predicted molar refractivity (Wildman–Crippen MR) is 74.2 cm³/mol. The van der Waals surface area contributed by atoms with Gasteiger partial charge in [0.2, 0.25) is 11.6 Å². The molecule has 1 aromatic carbocycles. The smallest absolute Gasteiger partial charge is 0.238 e. The fourth-order valence-corrected chi connectivity index (χ4v) is 1.57. The SMILES string of the molecule is COc1cccc(OC)c1Oc1cnc(C(N)=NO)cn1. The van der Waals surface area contributed by atoms with Crippen molar-refractivity contribution in [3.8, 4) is 23.1 Å². The molecule has 0 fully saturated rings. The van der Waals surface area contributed by atoms with Crippen molar-refractivity contribution < 1.29 is 19.4 Å². The average molecular weight is 290 g/mol. The zero-order chi connectivity index (χ0) is 15.2. The molecular formula is C13H14N4O4. The Morgan fingerprint density at radius 1 is 1.14 bits per heavy atom. The van der Waals surface area contributed by atoms with Crippen LogP contribution in [0.15, 0.2) is 35.7 Å². The highest BCUT2D eigenvalue weighted by Crippen LogP contribution is 2.39. The Bertz CT molecular complexity index is 621. The molecule has 0 saturated carbocycles. The minimum atomic E-state index is -0.135. The van der Waals surface area contributed by atoms with Crippen LogP contribution < -0.4 is 19.9 Å². The molecule has 0 aliphatic rings. The van der Waals surface area contributed by atoms with Crippen LogP contribution >= 0.6 is 0 Å². The number of para-hydroxylation sites is 1. The Morgan fingerprint density at radius 2 is 1.81 bits per heavy atom. The summed E-state index contributed by atoms with van der Waals surface area (Å²) >= 11 is 0. The van der Waals surface area contributed by atoms with E-state index in [1.807, 2.05) is 0 Å².